The summed E-state index contributed by atoms with van der Waals surface area (Å²) in [7, 11) is -1.17. The van der Waals surface area contributed by atoms with E-state index in [1.165, 1.54) is 97.7 Å². The summed E-state index contributed by atoms with van der Waals surface area (Å²) in [6, 6.07) is 55.0. The third-order valence-corrected chi connectivity index (χ3v) is 13.2. The zero-order valence-electron chi connectivity index (χ0n) is 29.3. The molecule has 49 heavy (non-hydrogen) atoms. The molecule has 8 aromatic carbocycles. The Labute approximate surface area is 292 Å². The molecule has 0 radical (unpaired) electrons. The van der Waals surface area contributed by atoms with E-state index in [9.17, 15) is 0 Å². The third kappa shape index (κ3) is 4.99. The molecule has 0 atom stereocenters. The summed E-state index contributed by atoms with van der Waals surface area (Å²) in [6.45, 7) is 8.35. The SMILES string of the molecule is CC.Cc1ccc(-c2c3ccc(-c4cccc5ccccc45)cc3c(-c3ccc(C)cc3)c3cc4c(cc23)-c2ccccc2S4(C)C)cc1. The van der Waals surface area contributed by atoms with Gasteiger partial charge in [-0.15, -0.1) is 0 Å². The van der Waals surface area contributed by atoms with Crippen LogP contribution in [0.25, 0.3) is 76.8 Å². The largest absolute Gasteiger partial charge is 0.192 e. The molecule has 0 saturated carbocycles. The number of benzene rings is 8. The first-order valence-electron chi connectivity index (χ1n) is 17.4. The normalized spacial score (nSPS) is 13.5. The van der Waals surface area contributed by atoms with Crippen molar-refractivity contribution in [2.45, 2.75) is 37.5 Å². The molecule has 8 aromatic rings. The number of hydrogen-bond acceptors (Lipinski definition) is 0. The Hall–Kier alpha value is -5.11. The van der Waals surface area contributed by atoms with Gasteiger partial charge in [-0.3, -0.25) is 0 Å². The molecule has 0 aliphatic carbocycles. The van der Waals surface area contributed by atoms with Crippen LogP contribution in [-0.2, 0) is 0 Å². The minimum atomic E-state index is -1.17. The fraction of sp³-hybridized carbons (Fsp3) is 0.125. The van der Waals surface area contributed by atoms with E-state index in [0.717, 1.165) is 0 Å². The lowest BCUT2D eigenvalue weighted by Crippen LogP contribution is -1.96. The second-order valence-corrected chi connectivity index (χ2v) is 17.0. The third-order valence-electron chi connectivity index (χ3n) is 10.3. The van der Waals surface area contributed by atoms with Gasteiger partial charge in [0.25, 0.3) is 0 Å². The molecule has 0 fully saturated rings. The van der Waals surface area contributed by atoms with Crippen LogP contribution < -0.4 is 0 Å². The maximum atomic E-state index is 2.57. The molecule has 9 rings (SSSR count). The Morgan fingerprint density at radius 2 is 0.898 bits per heavy atom. The van der Waals surface area contributed by atoms with Crippen molar-refractivity contribution in [3.05, 3.63) is 157 Å². The molecule has 0 bridgehead atoms. The Bertz CT molecular complexity index is 2530. The van der Waals surface area contributed by atoms with Crippen LogP contribution in [0.2, 0.25) is 0 Å². The highest BCUT2D eigenvalue weighted by atomic mass is 32.3. The molecule has 0 aromatic heterocycles. The van der Waals surface area contributed by atoms with Crippen LogP contribution >= 0.6 is 10.0 Å². The monoisotopic (exact) mass is 650 g/mol. The van der Waals surface area contributed by atoms with E-state index in [-0.39, 0.29) is 0 Å². The molecule has 0 amide bonds. The fourth-order valence-electron chi connectivity index (χ4n) is 7.85. The number of fused-ring (bicyclic) bond motifs is 6. The van der Waals surface area contributed by atoms with Crippen LogP contribution in [0.15, 0.2) is 155 Å². The van der Waals surface area contributed by atoms with E-state index in [4.69, 9.17) is 0 Å². The smallest absolute Gasteiger partial charge is 0.00219 e. The first kappa shape index (κ1) is 31.2. The summed E-state index contributed by atoms with van der Waals surface area (Å²) in [6.07, 6.45) is 4.94. The topological polar surface area (TPSA) is 0 Å². The van der Waals surface area contributed by atoms with E-state index < -0.39 is 10.0 Å². The summed E-state index contributed by atoms with van der Waals surface area (Å²) in [5.74, 6) is 0. The van der Waals surface area contributed by atoms with Gasteiger partial charge >= 0.3 is 0 Å². The van der Waals surface area contributed by atoms with E-state index in [1.807, 2.05) is 13.8 Å². The summed E-state index contributed by atoms with van der Waals surface area (Å²) in [5.41, 5.74) is 13.0. The zero-order valence-corrected chi connectivity index (χ0v) is 30.1. The highest BCUT2D eigenvalue weighted by Crippen LogP contribution is 2.68. The van der Waals surface area contributed by atoms with Gasteiger partial charge in [-0.25, -0.2) is 0 Å². The standard InChI is InChI=1S/C46H36S.C2H6/c1-29-16-20-32(21-17-29)45-38-25-24-34(36-14-9-11-31-10-5-6-12-35(31)36)26-40(38)46(33-22-18-30(2)19-23-33)42-28-44-39(27-41(42)45)37-13-7-8-15-43(37)47(44,3)4;1-2/h5-28H,1-4H3;1-2H3. The van der Waals surface area contributed by atoms with Crippen LogP contribution in [0.3, 0.4) is 0 Å². The summed E-state index contributed by atoms with van der Waals surface area (Å²) >= 11 is 0. The van der Waals surface area contributed by atoms with Crippen LogP contribution in [-0.4, -0.2) is 12.5 Å². The van der Waals surface area contributed by atoms with Gasteiger partial charge in [0.15, 0.2) is 0 Å². The van der Waals surface area contributed by atoms with Crippen molar-refractivity contribution >= 4 is 42.3 Å². The minimum Gasteiger partial charge on any atom is -0.192 e. The predicted molar refractivity (Wildman–Crippen MR) is 217 cm³/mol. The molecule has 1 heterocycles. The van der Waals surface area contributed by atoms with Crippen molar-refractivity contribution in [3.63, 3.8) is 0 Å². The van der Waals surface area contributed by atoms with Gasteiger partial charge in [0.1, 0.15) is 0 Å². The zero-order chi connectivity index (χ0) is 33.9. The Kier molecular flexibility index (Phi) is 7.69. The van der Waals surface area contributed by atoms with Crippen LogP contribution in [0.4, 0.5) is 0 Å². The summed E-state index contributed by atoms with van der Waals surface area (Å²) in [4.78, 5) is 2.97. The van der Waals surface area contributed by atoms with Crippen molar-refractivity contribution in [2.24, 2.45) is 0 Å². The second-order valence-electron chi connectivity index (χ2n) is 13.5. The van der Waals surface area contributed by atoms with Crippen molar-refractivity contribution in [1.82, 2.24) is 0 Å². The van der Waals surface area contributed by atoms with Gasteiger partial charge in [0.2, 0.25) is 0 Å². The van der Waals surface area contributed by atoms with E-state index in [1.54, 1.807) is 0 Å². The van der Waals surface area contributed by atoms with Gasteiger partial charge in [-0.05, 0) is 127 Å². The predicted octanol–water partition coefficient (Wildman–Crippen LogP) is 14.3. The van der Waals surface area contributed by atoms with Crippen LogP contribution in [0, 0.1) is 13.8 Å². The summed E-state index contributed by atoms with van der Waals surface area (Å²) < 4.78 is 0. The van der Waals surface area contributed by atoms with Crippen molar-refractivity contribution in [1.29, 1.82) is 0 Å². The highest BCUT2D eigenvalue weighted by Gasteiger charge is 2.33. The average molecular weight is 651 g/mol. The average Bonchev–Trinajstić information content (AvgIpc) is 3.36. The van der Waals surface area contributed by atoms with Gasteiger partial charge in [-0.2, -0.15) is 10.0 Å². The molecule has 0 unspecified atom stereocenters. The van der Waals surface area contributed by atoms with Gasteiger partial charge < -0.3 is 0 Å². The molecular formula is C48H42S. The van der Waals surface area contributed by atoms with Gasteiger partial charge in [0.05, 0.1) is 0 Å². The molecule has 1 aliphatic rings. The van der Waals surface area contributed by atoms with Crippen molar-refractivity contribution in [2.75, 3.05) is 12.5 Å². The fourth-order valence-corrected chi connectivity index (χ4v) is 10.4. The molecule has 1 heteroatoms. The molecule has 0 saturated heterocycles. The van der Waals surface area contributed by atoms with Gasteiger partial charge in [0, 0.05) is 9.79 Å². The summed E-state index contributed by atoms with van der Waals surface area (Å²) in [5, 5.41) is 7.79. The Morgan fingerprint density at radius 3 is 1.61 bits per heavy atom. The van der Waals surface area contributed by atoms with Crippen LogP contribution in [0.1, 0.15) is 25.0 Å². The number of aryl methyl sites for hydroxylation is 2. The van der Waals surface area contributed by atoms with Crippen molar-refractivity contribution in [3.8, 4) is 44.5 Å². The molecular weight excluding hydrogens is 609 g/mol. The number of hydrogen-bond donors (Lipinski definition) is 0. The Balaban J connectivity index is 0.00000171. The lowest BCUT2D eigenvalue weighted by atomic mass is 9.83. The van der Waals surface area contributed by atoms with Gasteiger partial charge in [-0.1, -0.05) is 146 Å². The lowest BCUT2D eigenvalue weighted by Gasteiger charge is -2.29. The maximum absolute atomic E-state index is 2.57. The van der Waals surface area contributed by atoms with E-state index in [0.29, 0.717) is 0 Å². The molecule has 240 valence electrons. The Morgan fingerprint density at radius 1 is 0.367 bits per heavy atom. The minimum absolute atomic E-state index is 1.17. The first-order chi connectivity index (χ1) is 23.9. The van der Waals surface area contributed by atoms with E-state index >= 15 is 0 Å². The highest BCUT2D eigenvalue weighted by molar-refractivity contribution is 8.33. The van der Waals surface area contributed by atoms with Crippen molar-refractivity contribution < 1.29 is 0 Å². The van der Waals surface area contributed by atoms with Crippen LogP contribution in [0.5, 0.6) is 0 Å². The second kappa shape index (κ2) is 12.1. The molecule has 0 N–H and O–H groups in total. The maximum Gasteiger partial charge on any atom is 0.00219 e. The van der Waals surface area contributed by atoms with E-state index in [2.05, 4.69) is 172 Å². The molecule has 0 spiro atoms. The quantitative estimate of drug-likeness (QED) is 0.167. The molecule has 0 nitrogen and oxygen atoms in total. The lowest BCUT2D eigenvalue weighted by molar-refractivity contribution is 1.46. The molecule has 1 aliphatic heterocycles. The first-order valence-corrected chi connectivity index (χ1v) is 19.9. The number of rotatable bonds is 3.